The topological polar surface area (TPSA) is 37.3 Å². The quantitative estimate of drug-likeness (QED) is 0.562. The van der Waals surface area contributed by atoms with Crippen LogP contribution in [-0.4, -0.2) is 11.1 Å². The molecule has 0 amide bonds. The van der Waals surface area contributed by atoms with Gasteiger partial charge in [0.15, 0.2) is 0 Å². The molecule has 0 saturated carbocycles. The first-order chi connectivity index (χ1) is 7.99. The smallest absolute Gasteiger partial charge is 0.306 e. The van der Waals surface area contributed by atoms with Gasteiger partial charge in [-0.15, -0.1) is 0 Å². The van der Waals surface area contributed by atoms with Crippen LogP contribution in [0.4, 0.5) is 0 Å². The molecule has 0 bridgehead atoms. The summed E-state index contributed by atoms with van der Waals surface area (Å²) in [6, 6.07) is 0. The Morgan fingerprint density at radius 2 is 1.65 bits per heavy atom. The van der Waals surface area contributed by atoms with Gasteiger partial charge < -0.3 is 5.11 Å². The maximum atomic E-state index is 10.9. The zero-order valence-electron chi connectivity index (χ0n) is 12.0. The lowest BCUT2D eigenvalue weighted by Crippen LogP contribution is -2.20. The van der Waals surface area contributed by atoms with Gasteiger partial charge in [-0.2, -0.15) is 0 Å². The highest BCUT2D eigenvalue weighted by molar-refractivity contribution is 5.69. The molecule has 0 rings (SSSR count). The van der Waals surface area contributed by atoms with Crippen molar-refractivity contribution >= 4 is 5.97 Å². The van der Waals surface area contributed by atoms with Gasteiger partial charge in [0.1, 0.15) is 0 Å². The molecule has 1 N–H and O–H groups in total. The number of aliphatic carboxylic acids is 1. The fourth-order valence-corrected chi connectivity index (χ4v) is 2.30. The lowest BCUT2D eigenvalue weighted by atomic mass is 9.85. The molecule has 0 aliphatic rings. The van der Waals surface area contributed by atoms with Gasteiger partial charge in [-0.05, 0) is 18.3 Å². The Balaban J connectivity index is 3.63. The Bertz CT molecular complexity index is 201. The number of hydrogen-bond donors (Lipinski definition) is 1. The molecule has 0 spiro atoms. The Morgan fingerprint density at radius 1 is 1.06 bits per heavy atom. The van der Waals surface area contributed by atoms with E-state index in [2.05, 4.69) is 20.8 Å². The van der Waals surface area contributed by atoms with Crippen LogP contribution in [0.3, 0.4) is 0 Å². The monoisotopic (exact) mass is 242 g/mol. The molecule has 3 atom stereocenters. The van der Waals surface area contributed by atoms with Gasteiger partial charge in [-0.1, -0.05) is 66.2 Å². The fraction of sp³-hybridized carbons (Fsp3) is 0.933. The minimum atomic E-state index is -0.660. The molecule has 0 aromatic heterocycles. The van der Waals surface area contributed by atoms with Crippen LogP contribution in [0.5, 0.6) is 0 Å². The van der Waals surface area contributed by atoms with Crippen molar-refractivity contribution in [1.29, 1.82) is 0 Å². The van der Waals surface area contributed by atoms with Crippen LogP contribution in [0, 0.1) is 17.8 Å². The standard InChI is InChI=1S/C15H30O2/c1-5-6-7-8-9-10-12(2)11-13(3)14(4)15(16)17/h12-14H,5-11H2,1-4H3,(H,16,17). The van der Waals surface area contributed by atoms with Crippen LogP contribution in [0.25, 0.3) is 0 Å². The largest absolute Gasteiger partial charge is 0.481 e. The summed E-state index contributed by atoms with van der Waals surface area (Å²) in [5.41, 5.74) is 0. The summed E-state index contributed by atoms with van der Waals surface area (Å²) in [6.45, 7) is 8.37. The van der Waals surface area contributed by atoms with Crippen LogP contribution in [0.2, 0.25) is 0 Å². The van der Waals surface area contributed by atoms with Crippen LogP contribution < -0.4 is 0 Å². The molecule has 0 fully saturated rings. The number of carbonyl (C=O) groups is 1. The van der Waals surface area contributed by atoms with E-state index in [1.54, 1.807) is 0 Å². The van der Waals surface area contributed by atoms with E-state index >= 15 is 0 Å². The van der Waals surface area contributed by atoms with E-state index in [1.807, 2.05) is 6.92 Å². The van der Waals surface area contributed by atoms with Crippen LogP contribution in [-0.2, 0) is 4.79 Å². The minimum absolute atomic E-state index is 0.211. The third-order valence-electron chi connectivity index (χ3n) is 3.82. The Labute approximate surface area is 107 Å². The predicted molar refractivity (Wildman–Crippen MR) is 73.1 cm³/mol. The van der Waals surface area contributed by atoms with Crippen molar-refractivity contribution in [2.24, 2.45) is 17.8 Å². The molecule has 0 aliphatic carbocycles. The molecule has 0 saturated heterocycles. The van der Waals surface area contributed by atoms with Gasteiger partial charge >= 0.3 is 5.97 Å². The van der Waals surface area contributed by atoms with E-state index in [-0.39, 0.29) is 11.8 Å². The first-order valence-electron chi connectivity index (χ1n) is 7.21. The van der Waals surface area contributed by atoms with Gasteiger partial charge in [0.2, 0.25) is 0 Å². The van der Waals surface area contributed by atoms with Crippen molar-refractivity contribution in [2.45, 2.75) is 72.6 Å². The highest BCUT2D eigenvalue weighted by Gasteiger charge is 2.20. The molecule has 2 heteroatoms. The van der Waals surface area contributed by atoms with Crippen molar-refractivity contribution in [2.75, 3.05) is 0 Å². The molecule has 102 valence electrons. The van der Waals surface area contributed by atoms with Gasteiger partial charge in [0.05, 0.1) is 5.92 Å². The summed E-state index contributed by atoms with van der Waals surface area (Å²) in [7, 11) is 0. The molecule has 0 heterocycles. The Kier molecular flexibility index (Phi) is 9.20. The number of carboxylic acids is 1. The van der Waals surface area contributed by atoms with Crippen LogP contribution >= 0.6 is 0 Å². The lowest BCUT2D eigenvalue weighted by molar-refractivity contribution is -0.142. The summed E-state index contributed by atoms with van der Waals surface area (Å²) < 4.78 is 0. The highest BCUT2D eigenvalue weighted by atomic mass is 16.4. The first kappa shape index (κ1) is 16.5. The van der Waals surface area contributed by atoms with Gasteiger partial charge in [-0.3, -0.25) is 4.79 Å². The highest BCUT2D eigenvalue weighted by Crippen LogP contribution is 2.23. The molecule has 0 radical (unpaired) electrons. The fourth-order valence-electron chi connectivity index (χ4n) is 2.30. The summed E-state index contributed by atoms with van der Waals surface area (Å²) in [6.07, 6.45) is 8.92. The third kappa shape index (κ3) is 8.23. The summed E-state index contributed by atoms with van der Waals surface area (Å²) in [5.74, 6) is 0.0803. The average Bonchev–Trinajstić information content (AvgIpc) is 2.27. The number of unbranched alkanes of at least 4 members (excludes halogenated alkanes) is 4. The van der Waals surface area contributed by atoms with Crippen molar-refractivity contribution < 1.29 is 9.90 Å². The summed E-state index contributed by atoms with van der Waals surface area (Å²) in [5, 5.41) is 8.94. The lowest BCUT2D eigenvalue weighted by Gasteiger charge is -2.20. The van der Waals surface area contributed by atoms with Crippen molar-refractivity contribution in [3.05, 3.63) is 0 Å². The Hall–Kier alpha value is -0.530. The van der Waals surface area contributed by atoms with E-state index in [4.69, 9.17) is 5.11 Å². The number of hydrogen-bond acceptors (Lipinski definition) is 1. The van der Waals surface area contributed by atoms with Crippen LogP contribution in [0.1, 0.15) is 72.6 Å². The second kappa shape index (κ2) is 9.49. The number of carboxylic acid groups (broad SMARTS) is 1. The molecule has 3 unspecified atom stereocenters. The zero-order valence-corrected chi connectivity index (χ0v) is 12.0. The predicted octanol–water partition coefficient (Wildman–Crippen LogP) is 4.73. The van der Waals surface area contributed by atoms with Gasteiger partial charge in [-0.25, -0.2) is 0 Å². The zero-order chi connectivity index (χ0) is 13.3. The maximum absolute atomic E-state index is 10.9. The van der Waals surface area contributed by atoms with E-state index < -0.39 is 5.97 Å². The first-order valence-corrected chi connectivity index (χ1v) is 7.21. The number of rotatable bonds is 10. The maximum Gasteiger partial charge on any atom is 0.306 e. The van der Waals surface area contributed by atoms with E-state index in [0.717, 1.165) is 6.42 Å². The summed E-state index contributed by atoms with van der Waals surface area (Å²) in [4.78, 5) is 10.9. The normalized spacial score (nSPS) is 16.5. The average molecular weight is 242 g/mol. The van der Waals surface area contributed by atoms with E-state index in [0.29, 0.717) is 5.92 Å². The van der Waals surface area contributed by atoms with E-state index in [1.165, 1.54) is 38.5 Å². The molecule has 0 aromatic rings. The van der Waals surface area contributed by atoms with Crippen molar-refractivity contribution in [1.82, 2.24) is 0 Å². The molecule has 17 heavy (non-hydrogen) atoms. The van der Waals surface area contributed by atoms with Crippen LogP contribution in [0.15, 0.2) is 0 Å². The second-order valence-electron chi connectivity index (χ2n) is 5.65. The van der Waals surface area contributed by atoms with Crippen molar-refractivity contribution in [3.63, 3.8) is 0 Å². The minimum Gasteiger partial charge on any atom is -0.481 e. The van der Waals surface area contributed by atoms with E-state index in [9.17, 15) is 4.79 Å². The SMILES string of the molecule is CCCCCCCC(C)CC(C)C(C)C(=O)O. The Morgan fingerprint density at radius 3 is 2.18 bits per heavy atom. The summed E-state index contributed by atoms with van der Waals surface area (Å²) >= 11 is 0. The molecular weight excluding hydrogens is 212 g/mol. The van der Waals surface area contributed by atoms with Gasteiger partial charge in [0, 0.05) is 0 Å². The molecule has 0 aliphatic heterocycles. The third-order valence-corrected chi connectivity index (χ3v) is 3.82. The van der Waals surface area contributed by atoms with Gasteiger partial charge in [0.25, 0.3) is 0 Å². The molecule has 0 aromatic carbocycles. The molecule has 2 nitrogen and oxygen atoms in total. The molecular formula is C15H30O2. The van der Waals surface area contributed by atoms with Crippen molar-refractivity contribution in [3.8, 4) is 0 Å². The second-order valence-corrected chi connectivity index (χ2v) is 5.65.